The molecule has 0 radical (unpaired) electrons. The summed E-state index contributed by atoms with van der Waals surface area (Å²) < 4.78 is 149. The van der Waals surface area contributed by atoms with Crippen molar-refractivity contribution in [3.05, 3.63) is 56.4 Å². The van der Waals surface area contributed by atoms with Gasteiger partial charge < -0.3 is 10.2 Å². The maximum absolute atomic E-state index is 15.1. The first-order valence-corrected chi connectivity index (χ1v) is 11.8. The van der Waals surface area contributed by atoms with Crippen LogP contribution in [0.3, 0.4) is 0 Å². The van der Waals surface area contributed by atoms with E-state index < -0.39 is 67.9 Å². The van der Waals surface area contributed by atoms with Crippen molar-refractivity contribution >= 4 is 39.9 Å². The van der Waals surface area contributed by atoms with Crippen LogP contribution in [0.1, 0.15) is 40.7 Å². The summed E-state index contributed by atoms with van der Waals surface area (Å²) in [6.07, 6.45) is -17.8. The van der Waals surface area contributed by atoms with E-state index in [-0.39, 0.29) is 24.7 Å². The van der Waals surface area contributed by atoms with Crippen LogP contribution in [0.5, 0.6) is 0 Å². The highest BCUT2D eigenvalue weighted by atomic mass is 127. The molecule has 214 valence electrons. The fourth-order valence-corrected chi connectivity index (χ4v) is 4.25. The zero-order chi connectivity index (χ0) is 30.0. The lowest BCUT2D eigenvalue weighted by atomic mass is 9.92. The Morgan fingerprint density at radius 1 is 1.00 bits per heavy atom. The van der Waals surface area contributed by atoms with Gasteiger partial charge in [0.25, 0.3) is 5.91 Å². The van der Waals surface area contributed by atoms with Crippen LogP contribution < -0.4 is 10.2 Å². The number of hydrogen-bond donors (Lipinski definition) is 1. The molecular formula is C23H17F11IN3O. The van der Waals surface area contributed by atoms with E-state index in [4.69, 9.17) is 5.26 Å². The fraction of sp³-hybridized carbons (Fsp3) is 0.391. The van der Waals surface area contributed by atoms with Gasteiger partial charge in [-0.3, -0.25) is 4.79 Å². The Balaban J connectivity index is 2.55. The molecule has 0 fully saturated rings. The van der Waals surface area contributed by atoms with Crippen molar-refractivity contribution in [2.45, 2.75) is 43.5 Å². The predicted octanol–water partition coefficient (Wildman–Crippen LogP) is 8.12. The number of alkyl halides is 10. The summed E-state index contributed by atoms with van der Waals surface area (Å²) >= 11 is 0.908. The van der Waals surface area contributed by atoms with Gasteiger partial charge in [0.05, 0.1) is 28.6 Å². The minimum atomic E-state index is -6.67. The van der Waals surface area contributed by atoms with Gasteiger partial charge in [-0.15, -0.1) is 0 Å². The number of carbonyl (C=O) groups excluding carboxylic acids is 1. The van der Waals surface area contributed by atoms with Gasteiger partial charge in [-0.05, 0) is 59.7 Å². The molecule has 0 bridgehead atoms. The third-order valence-electron chi connectivity index (χ3n) is 5.48. The minimum Gasteiger partial charge on any atom is -0.372 e. The fourth-order valence-electron chi connectivity index (χ4n) is 3.49. The molecule has 1 N–H and O–H groups in total. The number of unbranched alkanes of at least 4 members (excludes halogenated alkanes) is 2. The number of amides is 1. The van der Waals surface area contributed by atoms with E-state index in [2.05, 4.69) is 0 Å². The van der Waals surface area contributed by atoms with Gasteiger partial charge in [0.15, 0.2) is 5.82 Å². The number of hydrogen-bond acceptors (Lipinski definition) is 3. The average Bonchev–Trinajstić information content (AvgIpc) is 2.80. The molecule has 39 heavy (non-hydrogen) atoms. The van der Waals surface area contributed by atoms with Crippen LogP contribution in [0.2, 0.25) is 0 Å². The normalized spacial score (nSPS) is 12.7. The Morgan fingerprint density at radius 3 is 2.10 bits per heavy atom. The number of benzene rings is 2. The topological polar surface area (TPSA) is 56.1 Å². The van der Waals surface area contributed by atoms with Gasteiger partial charge in [-0.1, -0.05) is 6.07 Å². The van der Waals surface area contributed by atoms with Crippen LogP contribution in [-0.2, 0) is 11.8 Å². The zero-order valence-electron chi connectivity index (χ0n) is 19.6. The largest absolute Gasteiger partial charge is 0.435 e. The van der Waals surface area contributed by atoms with E-state index in [1.54, 1.807) is 5.32 Å². The van der Waals surface area contributed by atoms with Crippen molar-refractivity contribution < 1.29 is 53.1 Å². The number of halogens is 12. The second-order valence-electron chi connectivity index (χ2n) is 8.16. The van der Waals surface area contributed by atoms with E-state index in [0.717, 1.165) is 28.7 Å². The second-order valence-corrected chi connectivity index (χ2v) is 9.32. The molecule has 0 aliphatic heterocycles. The van der Waals surface area contributed by atoms with Crippen molar-refractivity contribution in [2.24, 2.45) is 0 Å². The van der Waals surface area contributed by atoms with Crippen LogP contribution in [0.4, 0.5) is 59.7 Å². The van der Waals surface area contributed by atoms with Crippen LogP contribution >= 0.6 is 22.6 Å². The monoisotopic (exact) mass is 687 g/mol. The summed E-state index contributed by atoms with van der Waals surface area (Å²) in [5, 5.41) is 10.2. The first kappa shape index (κ1) is 32.4. The molecule has 0 aromatic heterocycles. The van der Waals surface area contributed by atoms with Gasteiger partial charge >= 0.3 is 24.2 Å². The highest BCUT2D eigenvalue weighted by molar-refractivity contribution is 14.1. The van der Waals surface area contributed by atoms with Gasteiger partial charge in [0.2, 0.25) is 0 Å². The maximum atomic E-state index is 15.1. The Labute approximate surface area is 227 Å². The summed E-state index contributed by atoms with van der Waals surface area (Å²) in [5.41, 5.74) is -13.0. The molecule has 0 aliphatic rings. The minimum absolute atomic E-state index is 0.131. The Morgan fingerprint density at radius 2 is 1.59 bits per heavy atom. The predicted molar refractivity (Wildman–Crippen MR) is 126 cm³/mol. The number of nitriles is 1. The molecule has 2 rings (SSSR count). The lowest BCUT2D eigenvalue weighted by molar-refractivity contribution is -0.348. The first-order chi connectivity index (χ1) is 17.8. The third-order valence-corrected chi connectivity index (χ3v) is 6.33. The van der Waals surface area contributed by atoms with Crippen LogP contribution in [-0.4, -0.2) is 31.9 Å². The average molecular weight is 687 g/mol. The highest BCUT2D eigenvalue weighted by Gasteiger charge is 2.73. The second kappa shape index (κ2) is 11.7. The van der Waals surface area contributed by atoms with Gasteiger partial charge in [-0.25, -0.2) is 8.78 Å². The molecule has 2 aromatic rings. The lowest BCUT2D eigenvalue weighted by Crippen LogP contribution is -2.50. The van der Waals surface area contributed by atoms with E-state index >= 15 is 4.39 Å². The molecule has 0 unspecified atom stereocenters. The summed E-state index contributed by atoms with van der Waals surface area (Å²) in [5.74, 6) is -2.67. The summed E-state index contributed by atoms with van der Waals surface area (Å²) in [4.78, 5) is 14.1. The molecule has 16 heteroatoms. The number of nitrogens with zero attached hydrogens (tertiary/aromatic N) is 2. The third kappa shape index (κ3) is 6.84. The molecule has 0 saturated carbocycles. The zero-order valence-corrected chi connectivity index (χ0v) is 21.7. The SMILES string of the molecule is CN(CCCCC#N)c1cccc(C(=O)Nc2c(I)cc(C(F)(C(F)(F)F)C(F)(F)F)cc2C(F)(F)F)c1F. The quantitative estimate of drug-likeness (QED) is 0.173. The maximum Gasteiger partial charge on any atom is 0.435 e. The highest BCUT2D eigenvalue weighted by Crippen LogP contribution is 2.54. The standard InChI is InChI=1S/C23H17F11IN3O/c1-38(9-4-2-3-8-36)16-7-5-6-13(17(16)24)19(39)37-18-14(21(26,27)28)10-12(11-15(18)35)20(25,22(29,30)31)23(32,33)34/h5-7,10-11H,2-4,9H2,1H3,(H,37,39). The molecule has 0 spiro atoms. The Hall–Kier alpha value is -2.84. The van der Waals surface area contributed by atoms with Crippen molar-refractivity contribution in [3.8, 4) is 6.07 Å². The van der Waals surface area contributed by atoms with Crippen molar-refractivity contribution in [1.29, 1.82) is 5.26 Å². The van der Waals surface area contributed by atoms with E-state index in [9.17, 15) is 48.7 Å². The lowest BCUT2D eigenvalue weighted by Gasteiger charge is -2.31. The summed E-state index contributed by atoms with van der Waals surface area (Å²) in [7, 11) is 1.44. The molecular weight excluding hydrogens is 670 g/mol. The Kier molecular flexibility index (Phi) is 9.73. The smallest absolute Gasteiger partial charge is 0.372 e. The van der Waals surface area contributed by atoms with Crippen molar-refractivity contribution in [2.75, 3.05) is 23.8 Å². The van der Waals surface area contributed by atoms with Crippen LogP contribution in [0.25, 0.3) is 0 Å². The molecule has 4 nitrogen and oxygen atoms in total. The van der Waals surface area contributed by atoms with Crippen molar-refractivity contribution in [3.63, 3.8) is 0 Å². The number of rotatable bonds is 8. The molecule has 0 saturated heterocycles. The summed E-state index contributed by atoms with van der Waals surface area (Å²) in [6, 6.07) is 4.45. The number of carbonyl (C=O) groups is 1. The number of anilines is 2. The number of nitrogens with one attached hydrogen (secondary N) is 1. The van der Waals surface area contributed by atoms with Crippen LogP contribution in [0.15, 0.2) is 30.3 Å². The summed E-state index contributed by atoms with van der Waals surface area (Å²) in [6.45, 7) is 0.241. The molecule has 0 heterocycles. The van der Waals surface area contributed by atoms with Crippen molar-refractivity contribution in [1.82, 2.24) is 0 Å². The van der Waals surface area contributed by atoms with Gasteiger partial charge in [0.1, 0.15) is 0 Å². The molecule has 1 amide bonds. The molecule has 0 atom stereocenters. The molecule has 2 aromatic carbocycles. The molecule has 0 aliphatic carbocycles. The van der Waals surface area contributed by atoms with Crippen LogP contribution in [0, 0.1) is 20.7 Å². The van der Waals surface area contributed by atoms with Gasteiger partial charge in [0, 0.05) is 29.1 Å². The first-order valence-electron chi connectivity index (χ1n) is 10.7. The van der Waals surface area contributed by atoms with E-state index in [1.165, 1.54) is 24.1 Å². The van der Waals surface area contributed by atoms with E-state index in [0.29, 0.717) is 12.8 Å². The Bertz CT molecular complexity index is 1240. The van der Waals surface area contributed by atoms with Gasteiger partial charge in [-0.2, -0.15) is 44.8 Å². The van der Waals surface area contributed by atoms with E-state index in [1.807, 2.05) is 6.07 Å².